The summed E-state index contributed by atoms with van der Waals surface area (Å²) >= 11 is 1.64. The Morgan fingerprint density at radius 1 is 1.06 bits per heavy atom. The van der Waals surface area contributed by atoms with Crippen LogP contribution in [0, 0.1) is 18.3 Å². The number of nitrogens with zero attached hydrogens (tertiary/aromatic N) is 3. The van der Waals surface area contributed by atoms with E-state index in [1.54, 1.807) is 49.0 Å². The highest BCUT2D eigenvalue weighted by molar-refractivity contribution is 8.00. The zero-order chi connectivity index (χ0) is 21.6. The monoisotopic (exact) mass is 447 g/mol. The lowest BCUT2D eigenvalue weighted by molar-refractivity contribution is 0.561. The minimum atomic E-state index is -3.77. The van der Waals surface area contributed by atoms with E-state index in [1.165, 1.54) is 4.31 Å². The maximum atomic E-state index is 13.6. The average molecular weight is 448 g/mol. The fourth-order valence-corrected chi connectivity index (χ4v) is 6.31. The number of nitriles is 1. The summed E-state index contributed by atoms with van der Waals surface area (Å²) in [4.78, 5) is 5.38. The summed E-state index contributed by atoms with van der Waals surface area (Å²) in [5.74, 6) is 1.17. The van der Waals surface area contributed by atoms with Gasteiger partial charge in [-0.25, -0.2) is 13.4 Å². The Morgan fingerprint density at radius 3 is 2.61 bits per heavy atom. The lowest BCUT2D eigenvalue weighted by atomic mass is 10.0. The first-order chi connectivity index (χ1) is 15.0. The number of fused-ring (bicyclic) bond motifs is 2. The van der Waals surface area contributed by atoms with Crippen LogP contribution in [0.2, 0.25) is 0 Å². The van der Waals surface area contributed by atoms with Gasteiger partial charge in [0.15, 0.2) is 11.5 Å². The molecular formula is C23H17N3O3S2. The largest absolute Gasteiger partial charge is 0.441 e. The predicted molar refractivity (Wildman–Crippen MR) is 121 cm³/mol. The molecule has 0 atom stereocenters. The molecule has 0 fully saturated rings. The third kappa shape index (κ3) is 3.46. The maximum Gasteiger partial charge on any atom is 0.264 e. The molecule has 0 N–H and O–H groups in total. The first-order valence-corrected chi connectivity index (χ1v) is 12.1. The third-order valence-electron chi connectivity index (χ3n) is 5.18. The van der Waals surface area contributed by atoms with E-state index in [1.807, 2.05) is 30.3 Å². The zero-order valence-electron chi connectivity index (χ0n) is 16.6. The number of anilines is 1. The van der Waals surface area contributed by atoms with Crippen molar-refractivity contribution in [1.29, 1.82) is 5.26 Å². The first kappa shape index (κ1) is 19.7. The number of hydrogen-bond acceptors (Lipinski definition) is 6. The summed E-state index contributed by atoms with van der Waals surface area (Å²) in [7, 11) is -3.77. The SMILES string of the molecule is Cc1nc2cc(S(=O)(=O)N3CCSc4ccc(-c5ccc(C#N)cc5)cc43)ccc2o1. The molecule has 0 saturated heterocycles. The van der Waals surface area contributed by atoms with E-state index in [9.17, 15) is 8.42 Å². The first-order valence-electron chi connectivity index (χ1n) is 9.63. The van der Waals surface area contributed by atoms with E-state index in [0.29, 0.717) is 40.5 Å². The lowest BCUT2D eigenvalue weighted by Gasteiger charge is -2.30. The van der Waals surface area contributed by atoms with Crippen LogP contribution in [-0.4, -0.2) is 25.7 Å². The molecular weight excluding hydrogens is 430 g/mol. The van der Waals surface area contributed by atoms with Crippen molar-refractivity contribution < 1.29 is 12.8 Å². The van der Waals surface area contributed by atoms with Crippen molar-refractivity contribution >= 4 is 38.6 Å². The van der Waals surface area contributed by atoms with Crippen LogP contribution in [0.25, 0.3) is 22.2 Å². The fourth-order valence-electron chi connectivity index (χ4n) is 3.67. The van der Waals surface area contributed by atoms with Crippen molar-refractivity contribution in [3.05, 3.63) is 72.1 Å². The Balaban J connectivity index is 1.58. The van der Waals surface area contributed by atoms with E-state index in [-0.39, 0.29) is 4.90 Å². The van der Waals surface area contributed by atoms with Crippen molar-refractivity contribution in [3.63, 3.8) is 0 Å². The Hall–Kier alpha value is -3.28. The van der Waals surface area contributed by atoms with E-state index >= 15 is 0 Å². The van der Waals surface area contributed by atoms with Gasteiger partial charge in [0.05, 0.1) is 22.2 Å². The molecule has 2 heterocycles. The molecule has 154 valence electrons. The van der Waals surface area contributed by atoms with Crippen molar-refractivity contribution in [2.24, 2.45) is 0 Å². The van der Waals surface area contributed by atoms with Gasteiger partial charge in [-0.05, 0) is 53.6 Å². The number of benzene rings is 3. The molecule has 4 aromatic rings. The summed E-state index contributed by atoms with van der Waals surface area (Å²) in [6.45, 7) is 2.11. The van der Waals surface area contributed by atoms with Gasteiger partial charge in [0.2, 0.25) is 0 Å². The quantitative estimate of drug-likeness (QED) is 0.440. The zero-order valence-corrected chi connectivity index (χ0v) is 18.2. The van der Waals surface area contributed by atoms with Crippen LogP contribution in [0.1, 0.15) is 11.5 Å². The Kier molecular flexibility index (Phi) is 4.73. The van der Waals surface area contributed by atoms with Crippen LogP contribution in [-0.2, 0) is 10.0 Å². The number of sulfonamides is 1. The highest BCUT2D eigenvalue weighted by Gasteiger charge is 2.30. The second kappa shape index (κ2) is 7.45. The van der Waals surface area contributed by atoms with E-state index in [4.69, 9.17) is 9.68 Å². The van der Waals surface area contributed by atoms with Crippen LogP contribution in [0.3, 0.4) is 0 Å². The molecule has 1 aromatic heterocycles. The third-order valence-corrected chi connectivity index (χ3v) is 8.03. The highest BCUT2D eigenvalue weighted by atomic mass is 32.2. The topological polar surface area (TPSA) is 87.2 Å². The normalized spacial score (nSPS) is 13.7. The Bertz CT molecular complexity index is 1450. The molecule has 0 amide bonds. The average Bonchev–Trinajstić information content (AvgIpc) is 3.17. The Labute approximate surface area is 184 Å². The van der Waals surface area contributed by atoms with Crippen LogP contribution < -0.4 is 4.31 Å². The van der Waals surface area contributed by atoms with Crippen molar-refractivity contribution in [3.8, 4) is 17.2 Å². The number of aromatic nitrogens is 1. The molecule has 31 heavy (non-hydrogen) atoms. The van der Waals surface area contributed by atoms with Crippen LogP contribution in [0.5, 0.6) is 0 Å². The summed E-state index contributed by atoms with van der Waals surface area (Å²) in [6.07, 6.45) is 0. The molecule has 3 aromatic carbocycles. The molecule has 0 radical (unpaired) electrons. The summed E-state index contributed by atoms with van der Waals surface area (Å²) in [5.41, 5.74) is 4.16. The molecule has 1 aliphatic rings. The van der Waals surface area contributed by atoms with Crippen molar-refractivity contribution in [1.82, 2.24) is 4.98 Å². The number of aryl methyl sites for hydroxylation is 1. The smallest absolute Gasteiger partial charge is 0.264 e. The maximum absolute atomic E-state index is 13.6. The minimum absolute atomic E-state index is 0.190. The van der Waals surface area contributed by atoms with Crippen LogP contribution in [0.4, 0.5) is 5.69 Å². The van der Waals surface area contributed by atoms with Gasteiger partial charge < -0.3 is 4.42 Å². The lowest BCUT2D eigenvalue weighted by Crippen LogP contribution is -2.35. The summed E-state index contributed by atoms with van der Waals surface area (Å²) in [5, 5.41) is 9.02. The standard InChI is InChI=1S/C23H17N3O3S2/c1-15-25-20-13-19(7-8-22(20)29-15)31(27,28)26-10-11-30-23-9-6-18(12-21(23)26)17-4-2-16(14-24)3-5-17/h2-9,12-13H,10-11H2,1H3. The number of thioether (sulfide) groups is 1. The van der Waals surface area contributed by atoms with Crippen molar-refractivity contribution in [2.75, 3.05) is 16.6 Å². The molecule has 6 nitrogen and oxygen atoms in total. The van der Waals surface area contributed by atoms with Gasteiger partial charge >= 0.3 is 0 Å². The molecule has 0 aliphatic carbocycles. The summed E-state index contributed by atoms with van der Waals surface area (Å²) < 4.78 is 34.1. The van der Waals surface area contributed by atoms with Gasteiger partial charge in [-0.15, -0.1) is 11.8 Å². The fraction of sp³-hybridized carbons (Fsp3) is 0.130. The number of oxazole rings is 1. The van der Waals surface area contributed by atoms with E-state index < -0.39 is 10.0 Å². The molecule has 1 aliphatic heterocycles. The van der Waals surface area contributed by atoms with Crippen LogP contribution in [0.15, 0.2) is 74.9 Å². The van der Waals surface area contributed by atoms with Crippen molar-refractivity contribution in [2.45, 2.75) is 16.7 Å². The molecule has 0 saturated carbocycles. The Morgan fingerprint density at radius 2 is 1.84 bits per heavy atom. The highest BCUT2D eigenvalue weighted by Crippen LogP contribution is 2.40. The van der Waals surface area contributed by atoms with E-state index in [0.717, 1.165) is 16.0 Å². The van der Waals surface area contributed by atoms with Gasteiger partial charge in [-0.3, -0.25) is 4.31 Å². The molecule has 5 rings (SSSR count). The predicted octanol–water partition coefficient (Wildman–Crippen LogP) is 4.98. The molecule has 0 spiro atoms. The summed E-state index contributed by atoms with van der Waals surface area (Å²) in [6, 6.07) is 20.0. The van der Waals surface area contributed by atoms with Crippen LogP contribution >= 0.6 is 11.8 Å². The molecule has 8 heteroatoms. The van der Waals surface area contributed by atoms with Gasteiger partial charge in [-0.1, -0.05) is 18.2 Å². The molecule has 0 bridgehead atoms. The molecule has 0 unspecified atom stereocenters. The van der Waals surface area contributed by atoms with Gasteiger partial charge in [-0.2, -0.15) is 5.26 Å². The second-order valence-electron chi connectivity index (χ2n) is 7.16. The number of rotatable bonds is 3. The van der Waals surface area contributed by atoms with Gasteiger partial charge in [0.1, 0.15) is 5.52 Å². The minimum Gasteiger partial charge on any atom is -0.441 e. The van der Waals surface area contributed by atoms with Gasteiger partial charge in [0.25, 0.3) is 10.0 Å². The second-order valence-corrected chi connectivity index (χ2v) is 10.2. The van der Waals surface area contributed by atoms with Gasteiger partial charge in [0, 0.05) is 24.1 Å². The number of hydrogen-bond donors (Lipinski definition) is 0. The van der Waals surface area contributed by atoms with E-state index in [2.05, 4.69) is 11.1 Å².